The van der Waals surface area contributed by atoms with Crippen molar-refractivity contribution in [3.8, 4) is 11.5 Å². The summed E-state index contributed by atoms with van der Waals surface area (Å²) in [4.78, 5) is 26.3. The monoisotopic (exact) mass is 465 g/mol. The fraction of sp³-hybridized carbons (Fsp3) is 0.292. The number of nitrogens with one attached hydrogen (secondary N) is 1. The second-order valence-electron chi connectivity index (χ2n) is 7.40. The molecule has 1 N–H and O–H groups in total. The predicted molar refractivity (Wildman–Crippen MR) is 132 cm³/mol. The fourth-order valence-electron chi connectivity index (χ4n) is 3.67. The molecule has 1 aromatic heterocycles. The minimum absolute atomic E-state index is 0.144. The number of hydrogen-bond donors (Lipinski definition) is 1. The van der Waals surface area contributed by atoms with Crippen LogP contribution < -0.4 is 24.6 Å². The highest BCUT2D eigenvalue weighted by Gasteiger charge is 2.21. The number of nitrogens with zero attached hydrogens (tertiary/aromatic N) is 4. The van der Waals surface area contributed by atoms with E-state index in [0.717, 1.165) is 37.0 Å². The molecule has 0 atom stereocenters. The van der Waals surface area contributed by atoms with Crippen LogP contribution in [0.15, 0.2) is 66.0 Å². The molecule has 172 valence electrons. The number of thioether (sulfide) groups is 1. The van der Waals surface area contributed by atoms with Crippen LogP contribution in [0.3, 0.4) is 0 Å². The number of ether oxygens (including phenoxy) is 2. The van der Waals surface area contributed by atoms with Gasteiger partial charge in [0.15, 0.2) is 5.82 Å². The largest absolute Gasteiger partial charge is 0.497 e. The number of benzene rings is 2. The van der Waals surface area contributed by atoms with Gasteiger partial charge in [0, 0.05) is 50.3 Å². The molecule has 0 saturated carbocycles. The van der Waals surface area contributed by atoms with Crippen molar-refractivity contribution in [1.29, 1.82) is 0 Å². The molecule has 2 heterocycles. The molecule has 0 unspecified atom stereocenters. The number of amides is 1. The Morgan fingerprint density at radius 3 is 2.42 bits per heavy atom. The molecule has 2 aromatic carbocycles. The van der Waals surface area contributed by atoms with Gasteiger partial charge in [-0.05, 0) is 24.3 Å². The third-order valence-corrected chi connectivity index (χ3v) is 6.34. The van der Waals surface area contributed by atoms with E-state index in [9.17, 15) is 4.79 Å². The van der Waals surface area contributed by atoms with Gasteiger partial charge in [-0.25, -0.2) is 9.97 Å². The van der Waals surface area contributed by atoms with E-state index in [2.05, 4.69) is 49.4 Å². The summed E-state index contributed by atoms with van der Waals surface area (Å²) in [6, 6.07) is 15.7. The van der Waals surface area contributed by atoms with Gasteiger partial charge >= 0.3 is 0 Å². The lowest BCUT2D eigenvalue weighted by Crippen LogP contribution is -2.47. The molecule has 0 bridgehead atoms. The second kappa shape index (κ2) is 10.9. The average Bonchev–Trinajstić information content (AvgIpc) is 2.88. The smallest absolute Gasteiger partial charge is 0.234 e. The Morgan fingerprint density at radius 2 is 1.70 bits per heavy atom. The third-order valence-electron chi connectivity index (χ3n) is 5.37. The lowest BCUT2D eigenvalue weighted by atomic mass is 10.2. The number of anilines is 3. The van der Waals surface area contributed by atoms with Gasteiger partial charge in [-0.1, -0.05) is 30.0 Å². The number of aromatic nitrogens is 2. The Hall–Kier alpha value is -3.46. The maximum Gasteiger partial charge on any atom is 0.234 e. The number of piperazine rings is 1. The van der Waals surface area contributed by atoms with Gasteiger partial charge in [0.2, 0.25) is 5.91 Å². The summed E-state index contributed by atoms with van der Waals surface area (Å²) in [5.74, 6) is 2.10. The van der Waals surface area contributed by atoms with Crippen molar-refractivity contribution in [1.82, 2.24) is 9.97 Å². The van der Waals surface area contributed by atoms with Crippen LogP contribution >= 0.6 is 11.8 Å². The topological polar surface area (TPSA) is 79.8 Å². The van der Waals surface area contributed by atoms with Crippen LogP contribution in [0.1, 0.15) is 0 Å². The van der Waals surface area contributed by atoms with Gasteiger partial charge in [0.05, 0.1) is 25.7 Å². The highest BCUT2D eigenvalue weighted by molar-refractivity contribution is 8.00. The van der Waals surface area contributed by atoms with E-state index >= 15 is 0 Å². The maximum atomic E-state index is 12.6. The standard InChI is InChI=1S/C24H27N5O3S/c1-31-19-8-9-20(21(16-19)32-2)27-22(30)17-33-24-23(25-10-11-26-24)29-14-12-28(13-15-29)18-6-4-3-5-7-18/h3-11,16H,12-15,17H2,1-2H3,(H,27,30). The molecule has 1 fully saturated rings. The summed E-state index contributed by atoms with van der Waals surface area (Å²) in [5, 5.41) is 3.65. The van der Waals surface area contributed by atoms with Crippen LogP contribution in [0.4, 0.5) is 17.2 Å². The Morgan fingerprint density at radius 1 is 0.970 bits per heavy atom. The van der Waals surface area contributed by atoms with Crippen molar-refractivity contribution in [2.75, 3.05) is 61.3 Å². The highest BCUT2D eigenvalue weighted by Crippen LogP contribution is 2.30. The number of hydrogen-bond acceptors (Lipinski definition) is 8. The van der Waals surface area contributed by atoms with Crippen molar-refractivity contribution < 1.29 is 14.3 Å². The number of methoxy groups -OCH3 is 2. The molecule has 0 spiro atoms. The van der Waals surface area contributed by atoms with E-state index in [0.29, 0.717) is 17.2 Å². The zero-order chi connectivity index (χ0) is 23.0. The zero-order valence-corrected chi connectivity index (χ0v) is 19.5. The van der Waals surface area contributed by atoms with Crippen molar-refractivity contribution >= 4 is 34.9 Å². The summed E-state index contributed by atoms with van der Waals surface area (Å²) < 4.78 is 10.6. The number of carbonyl (C=O) groups excluding carboxylic acids is 1. The molecular formula is C24H27N5O3S. The highest BCUT2D eigenvalue weighted by atomic mass is 32.2. The van der Waals surface area contributed by atoms with Gasteiger partial charge in [-0.2, -0.15) is 0 Å². The van der Waals surface area contributed by atoms with Crippen LogP contribution in [-0.4, -0.2) is 62.0 Å². The Labute approximate surface area is 197 Å². The molecule has 33 heavy (non-hydrogen) atoms. The molecular weight excluding hydrogens is 438 g/mol. The van der Waals surface area contributed by atoms with Gasteiger partial charge < -0.3 is 24.6 Å². The molecule has 1 amide bonds. The second-order valence-corrected chi connectivity index (χ2v) is 8.36. The Bertz CT molecular complexity index is 1070. The molecule has 1 aliphatic rings. The van der Waals surface area contributed by atoms with Crippen molar-refractivity contribution in [3.63, 3.8) is 0 Å². The SMILES string of the molecule is COc1ccc(NC(=O)CSc2nccnc2N2CCN(c3ccccc3)CC2)c(OC)c1. The first-order valence-corrected chi connectivity index (χ1v) is 11.7. The fourth-order valence-corrected chi connectivity index (χ4v) is 4.46. The average molecular weight is 466 g/mol. The molecule has 8 nitrogen and oxygen atoms in total. The minimum Gasteiger partial charge on any atom is -0.497 e. The quantitative estimate of drug-likeness (QED) is 0.506. The van der Waals surface area contributed by atoms with Crippen molar-refractivity contribution in [3.05, 3.63) is 60.9 Å². The lowest BCUT2D eigenvalue weighted by molar-refractivity contribution is -0.113. The van der Waals surface area contributed by atoms with Crippen molar-refractivity contribution in [2.45, 2.75) is 5.03 Å². The van der Waals surface area contributed by atoms with Crippen molar-refractivity contribution in [2.24, 2.45) is 0 Å². The molecule has 3 aromatic rings. The minimum atomic E-state index is -0.144. The first kappa shape index (κ1) is 22.7. The number of carbonyl (C=O) groups is 1. The predicted octanol–water partition coefficient (Wildman–Crippen LogP) is 3.55. The van der Waals surface area contributed by atoms with Crippen LogP contribution in [0.5, 0.6) is 11.5 Å². The van der Waals surface area contributed by atoms with Crippen LogP contribution in [0.25, 0.3) is 0 Å². The van der Waals surface area contributed by atoms with E-state index in [1.165, 1.54) is 17.4 Å². The summed E-state index contributed by atoms with van der Waals surface area (Å²) in [5.41, 5.74) is 1.83. The lowest BCUT2D eigenvalue weighted by Gasteiger charge is -2.37. The summed E-state index contributed by atoms with van der Waals surface area (Å²) in [6.07, 6.45) is 3.36. The molecule has 1 saturated heterocycles. The third kappa shape index (κ3) is 5.67. The first-order valence-electron chi connectivity index (χ1n) is 10.7. The molecule has 1 aliphatic heterocycles. The van der Waals surface area contributed by atoms with E-state index in [4.69, 9.17) is 9.47 Å². The maximum absolute atomic E-state index is 12.6. The zero-order valence-electron chi connectivity index (χ0n) is 18.7. The summed E-state index contributed by atoms with van der Waals surface area (Å²) >= 11 is 1.38. The van der Waals surface area contributed by atoms with Gasteiger partial charge in [-0.3, -0.25) is 4.79 Å². The molecule has 0 radical (unpaired) electrons. The summed E-state index contributed by atoms with van der Waals surface area (Å²) in [6.45, 7) is 3.50. The normalized spacial score (nSPS) is 13.5. The van der Waals surface area contributed by atoms with Gasteiger partial charge in [0.1, 0.15) is 16.5 Å². The first-order chi connectivity index (χ1) is 16.2. The summed E-state index contributed by atoms with van der Waals surface area (Å²) in [7, 11) is 3.15. The van der Waals surface area contributed by atoms with Gasteiger partial charge in [-0.15, -0.1) is 0 Å². The Kier molecular flexibility index (Phi) is 7.51. The van der Waals surface area contributed by atoms with E-state index in [1.54, 1.807) is 44.8 Å². The number of para-hydroxylation sites is 1. The number of rotatable bonds is 8. The van der Waals surface area contributed by atoms with E-state index < -0.39 is 0 Å². The molecule has 4 rings (SSSR count). The molecule has 0 aliphatic carbocycles. The van der Waals surface area contributed by atoms with E-state index in [-0.39, 0.29) is 11.7 Å². The van der Waals surface area contributed by atoms with Crippen LogP contribution in [-0.2, 0) is 4.79 Å². The van der Waals surface area contributed by atoms with Gasteiger partial charge in [0.25, 0.3) is 0 Å². The van der Waals surface area contributed by atoms with E-state index in [1.807, 2.05) is 6.07 Å². The Balaban J connectivity index is 1.36. The van der Waals surface area contributed by atoms with Crippen LogP contribution in [0, 0.1) is 0 Å². The van der Waals surface area contributed by atoms with Crippen LogP contribution in [0.2, 0.25) is 0 Å². The molecule has 9 heteroatoms.